The number of aromatic nitrogens is 3. The molecule has 0 amide bonds. The molecule has 2 aromatic heterocycles. The van der Waals surface area contributed by atoms with Crippen molar-refractivity contribution >= 4 is 22.6 Å². The van der Waals surface area contributed by atoms with Gasteiger partial charge in [0, 0.05) is 18.1 Å². The maximum absolute atomic E-state index is 10.3. The minimum absolute atomic E-state index is 0.150. The minimum Gasteiger partial charge on any atom is -0.393 e. The van der Waals surface area contributed by atoms with E-state index in [0.717, 1.165) is 48.8 Å². The van der Waals surface area contributed by atoms with Crippen LogP contribution in [-0.2, 0) is 4.74 Å². The molecule has 0 bridgehead atoms. The van der Waals surface area contributed by atoms with Crippen LogP contribution in [0.5, 0.6) is 0 Å². The van der Waals surface area contributed by atoms with E-state index >= 15 is 0 Å². The second kappa shape index (κ2) is 6.59. The quantitative estimate of drug-likeness (QED) is 0.827. The predicted molar refractivity (Wildman–Crippen MR) is 90.0 cm³/mol. The molecule has 2 N–H and O–H groups in total. The second-order valence-electron chi connectivity index (χ2n) is 6.71. The number of aliphatic hydroxyl groups is 2. The first-order valence-electron chi connectivity index (χ1n) is 8.68. The van der Waals surface area contributed by atoms with Crippen molar-refractivity contribution in [1.82, 2.24) is 14.8 Å². The van der Waals surface area contributed by atoms with Gasteiger partial charge in [-0.1, -0.05) is 18.0 Å². The summed E-state index contributed by atoms with van der Waals surface area (Å²) in [4.78, 5) is 4.51. The second-order valence-corrected chi connectivity index (χ2v) is 7.10. The lowest BCUT2D eigenvalue weighted by Gasteiger charge is -2.25. The summed E-state index contributed by atoms with van der Waals surface area (Å²) >= 11 is 6.19. The van der Waals surface area contributed by atoms with Crippen LogP contribution in [0.2, 0.25) is 5.15 Å². The SMILES string of the molecule is OCC(O)c1cc(Cl)nc2c(C3CCC3)nn(C3CCCCO3)c12. The predicted octanol–water partition coefficient (Wildman–Crippen LogP) is 3.08. The lowest BCUT2D eigenvalue weighted by molar-refractivity contribution is -0.0373. The first kappa shape index (κ1) is 16.3. The van der Waals surface area contributed by atoms with Gasteiger partial charge in [-0.15, -0.1) is 0 Å². The largest absolute Gasteiger partial charge is 0.393 e. The standard InChI is InChI=1S/C17H22ClN3O3/c18-13-8-11(12(23)9-22)17-16(19-13)15(10-4-3-5-10)20-21(17)14-6-1-2-7-24-14/h8,10,12,14,22-23H,1-7,9H2. The summed E-state index contributed by atoms with van der Waals surface area (Å²) in [6.07, 6.45) is 5.27. The van der Waals surface area contributed by atoms with Crippen molar-refractivity contribution in [2.24, 2.45) is 0 Å². The molecule has 130 valence electrons. The summed E-state index contributed by atoms with van der Waals surface area (Å²) < 4.78 is 7.77. The van der Waals surface area contributed by atoms with Crippen LogP contribution in [0.4, 0.5) is 0 Å². The van der Waals surface area contributed by atoms with E-state index in [9.17, 15) is 10.2 Å². The van der Waals surface area contributed by atoms with Gasteiger partial charge in [-0.05, 0) is 38.2 Å². The molecular formula is C17H22ClN3O3. The zero-order chi connectivity index (χ0) is 16.7. The van der Waals surface area contributed by atoms with E-state index in [0.29, 0.717) is 23.2 Å². The van der Waals surface area contributed by atoms with Gasteiger partial charge in [0.05, 0.1) is 17.8 Å². The maximum atomic E-state index is 10.3. The molecule has 0 radical (unpaired) electrons. The number of aliphatic hydroxyl groups excluding tert-OH is 2. The molecule has 1 saturated carbocycles. The van der Waals surface area contributed by atoms with Gasteiger partial charge < -0.3 is 14.9 Å². The number of hydrogen-bond acceptors (Lipinski definition) is 5. The first-order chi connectivity index (χ1) is 11.7. The van der Waals surface area contributed by atoms with Gasteiger partial charge in [0.25, 0.3) is 0 Å². The van der Waals surface area contributed by atoms with Crippen LogP contribution in [0.15, 0.2) is 6.07 Å². The molecule has 6 nitrogen and oxygen atoms in total. The van der Waals surface area contributed by atoms with E-state index in [1.807, 2.05) is 4.68 Å². The fraction of sp³-hybridized carbons (Fsp3) is 0.647. The molecule has 24 heavy (non-hydrogen) atoms. The van der Waals surface area contributed by atoms with Crippen molar-refractivity contribution in [3.63, 3.8) is 0 Å². The molecule has 1 aliphatic carbocycles. The summed E-state index contributed by atoms with van der Waals surface area (Å²) in [6.45, 7) is 0.342. The molecule has 3 heterocycles. The number of hydrogen-bond donors (Lipinski definition) is 2. The van der Waals surface area contributed by atoms with E-state index in [2.05, 4.69) is 4.98 Å². The number of halogens is 1. The Balaban J connectivity index is 1.92. The van der Waals surface area contributed by atoms with E-state index in [1.54, 1.807) is 6.07 Å². The van der Waals surface area contributed by atoms with Crippen LogP contribution in [-0.4, -0.2) is 38.2 Å². The number of rotatable bonds is 4. The topological polar surface area (TPSA) is 80.4 Å². The first-order valence-corrected chi connectivity index (χ1v) is 9.06. The van der Waals surface area contributed by atoms with Crippen LogP contribution in [0, 0.1) is 0 Å². The third kappa shape index (κ3) is 2.71. The summed E-state index contributed by atoms with van der Waals surface area (Å²) in [5.74, 6) is 0.391. The molecule has 0 aromatic carbocycles. The van der Waals surface area contributed by atoms with Crippen molar-refractivity contribution in [3.8, 4) is 0 Å². The molecule has 1 aliphatic heterocycles. The Bertz CT molecular complexity index is 738. The zero-order valence-corrected chi connectivity index (χ0v) is 14.2. The van der Waals surface area contributed by atoms with Gasteiger partial charge in [-0.3, -0.25) is 0 Å². The highest BCUT2D eigenvalue weighted by Crippen LogP contribution is 2.41. The Kier molecular flexibility index (Phi) is 4.47. The summed E-state index contributed by atoms with van der Waals surface area (Å²) in [6, 6.07) is 1.62. The van der Waals surface area contributed by atoms with Crippen molar-refractivity contribution in [1.29, 1.82) is 0 Å². The molecule has 4 rings (SSSR count). The van der Waals surface area contributed by atoms with E-state index in [1.165, 1.54) is 6.42 Å². The molecule has 2 unspecified atom stereocenters. The number of ether oxygens (including phenoxy) is 1. The Morgan fingerprint density at radius 3 is 2.75 bits per heavy atom. The zero-order valence-electron chi connectivity index (χ0n) is 13.5. The van der Waals surface area contributed by atoms with Crippen molar-refractivity contribution in [3.05, 3.63) is 22.5 Å². The average Bonchev–Trinajstić information content (AvgIpc) is 2.92. The van der Waals surface area contributed by atoms with Crippen molar-refractivity contribution in [2.45, 2.75) is 56.8 Å². The summed E-state index contributed by atoms with van der Waals surface area (Å²) in [5, 5.41) is 24.9. The molecule has 2 fully saturated rings. The normalized spacial score (nSPS) is 23.4. The monoisotopic (exact) mass is 351 g/mol. The van der Waals surface area contributed by atoms with Gasteiger partial charge in [-0.25, -0.2) is 9.67 Å². The van der Waals surface area contributed by atoms with Gasteiger partial charge in [0.1, 0.15) is 16.8 Å². The Morgan fingerprint density at radius 2 is 2.12 bits per heavy atom. The molecule has 2 atom stereocenters. The van der Waals surface area contributed by atoms with E-state index < -0.39 is 6.10 Å². The molecule has 2 aliphatic rings. The molecular weight excluding hydrogens is 330 g/mol. The highest BCUT2D eigenvalue weighted by atomic mass is 35.5. The number of pyridine rings is 1. The van der Waals surface area contributed by atoms with Crippen LogP contribution >= 0.6 is 11.6 Å². The van der Waals surface area contributed by atoms with Gasteiger partial charge >= 0.3 is 0 Å². The van der Waals surface area contributed by atoms with E-state index in [-0.39, 0.29) is 12.8 Å². The lowest BCUT2D eigenvalue weighted by Crippen LogP contribution is -2.20. The third-order valence-corrected chi connectivity index (χ3v) is 5.32. The Morgan fingerprint density at radius 1 is 1.29 bits per heavy atom. The molecule has 1 saturated heterocycles. The fourth-order valence-electron chi connectivity index (χ4n) is 3.59. The van der Waals surface area contributed by atoms with Gasteiger partial charge in [0.2, 0.25) is 0 Å². The smallest absolute Gasteiger partial charge is 0.150 e. The molecule has 2 aromatic rings. The van der Waals surface area contributed by atoms with Crippen LogP contribution in [0.1, 0.15) is 68.0 Å². The van der Waals surface area contributed by atoms with E-state index in [4.69, 9.17) is 21.4 Å². The number of nitrogens with zero attached hydrogens (tertiary/aromatic N) is 3. The summed E-state index contributed by atoms with van der Waals surface area (Å²) in [7, 11) is 0. The van der Waals surface area contributed by atoms with Crippen LogP contribution < -0.4 is 0 Å². The fourth-order valence-corrected chi connectivity index (χ4v) is 3.79. The minimum atomic E-state index is -1.01. The highest BCUT2D eigenvalue weighted by Gasteiger charge is 2.31. The van der Waals surface area contributed by atoms with Crippen LogP contribution in [0.25, 0.3) is 11.0 Å². The number of fused-ring (bicyclic) bond motifs is 1. The highest BCUT2D eigenvalue weighted by molar-refractivity contribution is 6.30. The van der Waals surface area contributed by atoms with Gasteiger partial charge in [-0.2, -0.15) is 5.10 Å². The van der Waals surface area contributed by atoms with Crippen molar-refractivity contribution in [2.75, 3.05) is 13.2 Å². The Labute approximate surface area is 145 Å². The molecule has 0 spiro atoms. The van der Waals surface area contributed by atoms with Crippen LogP contribution in [0.3, 0.4) is 0 Å². The summed E-state index contributed by atoms with van der Waals surface area (Å²) in [5.41, 5.74) is 3.00. The van der Waals surface area contributed by atoms with Crippen molar-refractivity contribution < 1.29 is 14.9 Å². The van der Waals surface area contributed by atoms with Gasteiger partial charge in [0.15, 0.2) is 6.23 Å². The average molecular weight is 352 g/mol. The molecule has 7 heteroatoms. The Hall–Kier alpha value is -1.21. The third-order valence-electron chi connectivity index (χ3n) is 5.13. The lowest BCUT2D eigenvalue weighted by atomic mass is 9.82. The maximum Gasteiger partial charge on any atom is 0.150 e.